The molecule has 2 aromatic rings. The molecule has 0 bridgehead atoms. The summed E-state index contributed by atoms with van der Waals surface area (Å²) in [5.74, 6) is -1.33. The fourth-order valence-corrected chi connectivity index (χ4v) is 10.7. The van der Waals surface area contributed by atoms with Crippen molar-refractivity contribution in [1.29, 1.82) is 0 Å². The van der Waals surface area contributed by atoms with Crippen molar-refractivity contribution >= 4 is 66.8 Å². The number of ketones is 2. The van der Waals surface area contributed by atoms with Crippen molar-refractivity contribution in [2.45, 2.75) is 191 Å². The number of sulfonamides is 1. The Morgan fingerprint density at radius 1 is 0.868 bits per heavy atom. The number of aliphatic hydroxyl groups excluding tert-OH is 1. The number of rotatable bonds is 30. The lowest BCUT2D eigenvalue weighted by atomic mass is 9.86. The number of halogens is 1. The molecule has 76 heavy (non-hydrogen) atoms. The van der Waals surface area contributed by atoms with E-state index < -0.39 is 45.8 Å². The van der Waals surface area contributed by atoms with E-state index in [2.05, 4.69) is 49.6 Å². The normalized spacial score (nSPS) is 24.1. The molecule has 17 nitrogen and oxygen atoms in total. The van der Waals surface area contributed by atoms with Gasteiger partial charge >= 0.3 is 0 Å². The number of anilines is 1. The summed E-state index contributed by atoms with van der Waals surface area (Å²) in [7, 11) is -4.21. The van der Waals surface area contributed by atoms with Crippen LogP contribution < -0.4 is 20.7 Å². The fourth-order valence-electron chi connectivity index (χ4n) is 9.39. The lowest BCUT2D eigenvalue weighted by Gasteiger charge is -2.39. The Kier molecular flexibility index (Phi) is 24.7. The fraction of sp³-hybridized carbons (Fsp3) is 0.579. The van der Waals surface area contributed by atoms with Gasteiger partial charge in [0.15, 0.2) is 0 Å². The second-order valence-corrected chi connectivity index (χ2v) is 23.0. The molecule has 0 aliphatic carbocycles. The van der Waals surface area contributed by atoms with Gasteiger partial charge in [-0.25, -0.2) is 13.1 Å². The lowest BCUT2D eigenvalue weighted by molar-refractivity contribution is -0.144. The highest BCUT2D eigenvalue weighted by Gasteiger charge is 2.58. The molecular formula is C57H79BrN4O13S. The number of allylic oxidation sites excluding steroid dienone is 2. The van der Waals surface area contributed by atoms with Crippen LogP contribution in [0.3, 0.4) is 0 Å². The zero-order chi connectivity index (χ0) is 55.4. The van der Waals surface area contributed by atoms with Gasteiger partial charge in [-0.15, -0.1) is 0 Å². The Balaban J connectivity index is 1.02. The van der Waals surface area contributed by atoms with Crippen LogP contribution >= 0.6 is 15.9 Å². The molecule has 1 spiro atoms. The van der Waals surface area contributed by atoms with Crippen LogP contribution in [0.5, 0.6) is 0 Å². The molecule has 0 aromatic heterocycles. The highest BCUT2D eigenvalue weighted by molar-refractivity contribution is 9.09. The molecule has 0 saturated carbocycles. The molecule has 5 rings (SSSR count). The van der Waals surface area contributed by atoms with Crippen molar-refractivity contribution in [3.63, 3.8) is 0 Å². The maximum atomic E-state index is 13.3. The maximum absolute atomic E-state index is 13.3. The molecule has 2 aromatic carbocycles. The lowest BCUT2D eigenvalue weighted by Crippen LogP contribution is -2.50. The number of carbonyl (C=O) groups is 6. The molecule has 3 aliphatic rings. The van der Waals surface area contributed by atoms with Gasteiger partial charge < -0.3 is 40.0 Å². The van der Waals surface area contributed by atoms with Crippen molar-refractivity contribution in [2.24, 2.45) is 5.92 Å². The van der Waals surface area contributed by atoms with Crippen molar-refractivity contribution in [3.8, 4) is 0 Å². The predicted octanol–water partition coefficient (Wildman–Crippen LogP) is 7.22. The van der Waals surface area contributed by atoms with Crippen LogP contribution in [0.4, 0.5) is 5.69 Å². The predicted molar refractivity (Wildman–Crippen MR) is 293 cm³/mol. The topological polar surface area (TPSA) is 245 Å². The van der Waals surface area contributed by atoms with E-state index >= 15 is 0 Å². The zero-order valence-corrected chi connectivity index (χ0v) is 47.3. The molecule has 9 atom stereocenters. The first kappa shape index (κ1) is 62.0. The quantitative estimate of drug-likeness (QED) is 0.0171. The van der Waals surface area contributed by atoms with E-state index in [0.29, 0.717) is 55.3 Å². The highest BCUT2D eigenvalue weighted by atomic mass is 79.9. The van der Waals surface area contributed by atoms with Crippen LogP contribution in [0.2, 0.25) is 0 Å². The van der Waals surface area contributed by atoms with Gasteiger partial charge in [0.1, 0.15) is 29.4 Å². The minimum atomic E-state index is -4.21. The number of Topliss-reactive ketones (excluding diaryl/α,β-unsaturated/α-hetero) is 2. The second-order valence-electron chi connectivity index (χ2n) is 20.7. The summed E-state index contributed by atoms with van der Waals surface area (Å²) in [6.45, 7) is 12.0. The second kappa shape index (κ2) is 30.3. The van der Waals surface area contributed by atoms with Crippen molar-refractivity contribution in [3.05, 3.63) is 95.6 Å². The standard InChI is InChI=1S/C57H79BrN4O13S/c1-37(2)73-40(5)19-29-53(66)61-49-31-39(4)50(74-41(49)6)27-17-38(3)18-28-51-56(69)57(36-72-57)33-46(75-51)32-44(63)24-20-42-21-25-47(26-22-42)76(70,71)62-54(67)30-23-43-13-11-12-15-48(43)60-55(68)35-59-52(65)16-10-8-7-9-14-45(64)34-58/h11-13,15,17-19,21-22,25-26,28-29,37,39-41,46,49-51,56,69H,7-10,14,16,20,23-24,27,30-36H2,1-6H3,(H,59,65)(H,60,68)(H,61,66)(H,62,67)/b28-18+,29-19-,38-17+/t39-,40-,41+,46+,49+,50-,51+,56+,57+/m0/s1. The van der Waals surface area contributed by atoms with Crippen LogP contribution in [-0.4, -0.2) is 122 Å². The van der Waals surface area contributed by atoms with Gasteiger partial charge in [-0.2, -0.15) is 0 Å². The summed E-state index contributed by atoms with van der Waals surface area (Å²) < 4.78 is 52.5. The van der Waals surface area contributed by atoms with Gasteiger partial charge in [0.2, 0.25) is 23.6 Å². The van der Waals surface area contributed by atoms with Crippen molar-refractivity contribution in [1.82, 2.24) is 15.4 Å². The van der Waals surface area contributed by atoms with Crippen LogP contribution in [-0.2, 0) is 70.6 Å². The van der Waals surface area contributed by atoms with E-state index in [1.807, 2.05) is 46.8 Å². The number of unbranched alkanes of at least 4 members (excludes halogenated alkanes) is 3. The first-order chi connectivity index (χ1) is 36.1. The number of hydrogen-bond acceptors (Lipinski definition) is 13. The molecular weight excluding hydrogens is 1060 g/mol. The number of aryl methyl sites for hydroxylation is 2. The Labute approximate surface area is 457 Å². The van der Waals surface area contributed by atoms with E-state index in [0.717, 1.165) is 36.8 Å². The number of amides is 4. The monoisotopic (exact) mass is 1140 g/mol. The summed E-state index contributed by atoms with van der Waals surface area (Å²) >= 11 is 3.15. The average Bonchev–Trinajstić information content (AvgIpc) is 4.16. The molecule has 0 unspecified atom stereocenters. The highest BCUT2D eigenvalue weighted by Crippen LogP contribution is 2.43. The number of carbonyl (C=O) groups excluding carboxylic acids is 6. The van der Waals surface area contributed by atoms with Crippen molar-refractivity contribution < 1.29 is 61.2 Å². The smallest absolute Gasteiger partial charge is 0.264 e. The van der Waals surface area contributed by atoms with Crippen LogP contribution in [0, 0.1) is 5.92 Å². The molecule has 0 radical (unpaired) electrons. The maximum Gasteiger partial charge on any atom is 0.264 e. The van der Waals surface area contributed by atoms with Gasteiger partial charge in [-0.1, -0.05) is 95.9 Å². The Morgan fingerprint density at radius 2 is 1.58 bits per heavy atom. The number of nitrogens with one attached hydrogen (secondary N) is 4. The van der Waals surface area contributed by atoms with E-state index in [-0.39, 0.29) is 103 Å². The molecule has 3 heterocycles. The zero-order valence-electron chi connectivity index (χ0n) is 44.9. The molecule has 418 valence electrons. The van der Waals surface area contributed by atoms with E-state index in [4.69, 9.17) is 18.9 Å². The molecule has 3 fully saturated rings. The summed E-state index contributed by atoms with van der Waals surface area (Å²) in [6.07, 6.45) is 13.0. The third kappa shape index (κ3) is 20.8. The first-order valence-corrected chi connectivity index (χ1v) is 29.3. The first-order valence-electron chi connectivity index (χ1n) is 26.7. The number of ether oxygens (including phenoxy) is 4. The summed E-state index contributed by atoms with van der Waals surface area (Å²) in [4.78, 5) is 75.0. The van der Waals surface area contributed by atoms with Crippen LogP contribution in [0.1, 0.15) is 130 Å². The van der Waals surface area contributed by atoms with Gasteiger partial charge in [-0.3, -0.25) is 28.8 Å². The van der Waals surface area contributed by atoms with Gasteiger partial charge in [-0.05, 0) is 108 Å². The van der Waals surface area contributed by atoms with Gasteiger partial charge in [0, 0.05) is 50.3 Å². The SMILES string of the molecule is CC(/C=C/[C@H]1O[C@H](CC(=O)CCc2ccc(S(=O)(=O)NC(=O)CCc3ccccc3NC(=O)CNC(=O)CCCCCCC(=O)CBr)cc2)C[C@@]2(CO2)[C@@H]1O)=C\C[C@@H]1O[C@H](C)[C@H](NC(=O)/C=C\[C@H](C)OC(C)C)C[C@@H]1C. The largest absolute Gasteiger partial charge is 0.387 e. The molecule has 3 saturated heterocycles. The van der Waals surface area contributed by atoms with E-state index in [9.17, 15) is 42.3 Å². The molecule has 3 aliphatic heterocycles. The van der Waals surface area contributed by atoms with Gasteiger partial charge in [0.25, 0.3) is 10.0 Å². The molecule has 5 N–H and O–H groups in total. The number of para-hydroxylation sites is 1. The average molecular weight is 1140 g/mol. The third-order valence-electron chi connectivity index (χ3n) is 13.8. The number of aliphatic hydroxyl groups is 1. The van der Waals surface area contributed by atoms with Crippen LogP contribution in [0.25, 0.3) is 0 Å². The van der Waals surface area contributed by atoms with Gasteiger partial charge in [0.05, 0.1) is 59.9 Å². The Morgan fingerprint density at radius 3 is 2.28 bits per heavy atom. The van der Waals surface area contributed by atoms with E-state index in [1.54, 1.807) is 42.5 Å². The minimum absolute atomic E-state index is 0.0378. The summed E-state index contributed by atoms with van der Waals surface area (Å²) in [5, 5.41) is 20.0. The third-order valence-corrected chi connectivity index (χ3v) is 15.8. The summed E-state index contributed by atoms with van der Waals surface area (Å²) in [5.41, 5.74) is 1.97. The van der Waals surface area contributed by atoms with E-state index in [1.165, 1.54) is 18.2 Å². The molecule has 4 amide bonds. The molecule has 19 heteroatoms. The summed E-state index contributed by atoms with van der Waals surface area (Å²) in [6, 6.07) is 12.7. The minimum Gasteiger partial charge on any atom is -0.387 e. The number of epoxide rings is 1. The van der Waals surface area contributed by atoms with Crippen LogP contribution in [0.15, 0.2) is 89.4 Å². The van der Waals surface area contributed by atoms with Crippen molar-refractivity contribution in [2.75, 3.05) is 23.8 Å². The number of benzene rings is 2. The Bertz CT molecular complexity index is 2490. The Hall–Kier alpha value is -4.89. The number of hydrogen-bond donors (Lipinski definition) is 5. The number of alkyl halides is 1.